The maximum absolute atomic E-state index is 11.5. The number of aliphatic imine (C=N–C) groups is 1. The van der Waals surface area contributed by atoms with Gasteiger partial charge < -0.3 is 30.9 Å². The predicted octanol–water partition coefficient (Wildman–Crippen LogP) is 11.9. The van der Waals surface area contributed by atoms with Crippen LogP contribution in [0.25, 0.3) is 16.8 Å². The number of allylic oxidation sites excluding steroid dienone is 1. The molecule has 6 N–H and O–H groups in total. The van der Waals surface area contributed by atoms with Crippen molar-refractivity contribution >= 4 is 57.7 Å². The van der Waals surface area contributed by atoms with E-state index in [9.17, 15) is 19.2 Å². The molecule has 0 atom stereocenters. The third kappa shape index (κ3) is 30.7. The lowest BCUT2D eigenvalue weighted by Gasteiger charge is -2.19. The molecule has 26 nitrogen and oxygen atoms in total. The molecule has 26 heteroatoms. The topological polar surface area (TPSA) is 355 Å². The molecule has 0 unspecified atom stereocenters. The lowest BCUT2D eigenvalue weighted by molar-refractivity contribution is 0.0146. The monoisotopic (exact) mass is 1310 g/mol. The zero-order chi connectivity index (χ0) is 70.7. The van der Waals surface area contributed by atoms with Gasteiger partial charge in [-0.05, 0) is 178 Å². The fourth-order valence-electron chi connectivity index (χ4n) is 7.10. The number of rotatable bonds is 12. The zero-order valence-electron chi connectivity index (χ0n) is 56.5. The van der Waals surface area contributed by atoms with Gasteiger partial charge in [0.2, 0.25) is 0 Å². The molecule has 10 rings (SSSR count). The molecule has 0 spiro atoms. The van der Waals surface area contributed by atoms with E-state index < -0.39 is 23.5 Å². The molecule has 0 radical (unpaired) electrons. The van der Waals surface area contributed by atoms with Gasteiger partial charge in [0.25, 0.3) is 0 Å². The Hall–Kier alpha value is -11.5. The number of Topliss-reactive ketones (excluding diaryl/α,β-unsaturated/α-hetero) is 2. The number of oxime groups is 1. The van der Waals surface area contributed by atoms with Crippen LogP contribution in [0.1, 0.15) is 145 Å². The van der Waals surface area contributed by atoms with Crippen molar-refractivity contribution in [3.8, 4) is 0 Å². The van der Waals surface area contributed by atoms with Gasteiger partial charge in [0, 0.05) is 70.1 Å². The number of carbonyl (C=O) groups is 4. The Balaban J connectivity index is 0.000000289. The molecule has 1 amide bonds. The first kappa shape index (κ1) is 78.7. The van der Waals surface area contributed by atoms with Crippen LogP contribution in [0.5, 0.6) is 0 Å². The number of ketones is 2. The number of ether oxygens (including phenoxy) is 3. The highest BCUT2D eigenvalue weighted by Gasteiger charge is 2.20. The van der Waals surface area contributed by atoms with Crippen LogP contribution in [-0.4, -0.2) is 131 Å². The summed E-state index contributed by atoms with van der Waals surface area (Å²) in [5.74, 6) is 0.274. The summed E-state index contributed by atoms with van der Waals surface area (Å²) in [6, 6.07) is 44.4. The maximum Gasteiger partial charge on any atom is 0.514 e. The number of carbonyl (C=O) groups excluding carboxylic acids is 4. The third-order valence-corrected chi connectivity index (χ3v) is 11.8. The van der Waals surface area contributed by atoms with E-state index in [0.29, 0.717) is 52.9 Å². The standard InChI is InChI=1S/C13H19N3O2.C13H17NO3.C8H9N3.C8H10N2.C7H8N4.2C7H8N2O.C7H7NO/c1-5-10(11-8-6-7-9-14-11)15-16-12(17)18-13(2,3)4;1-5-11(10-8-6-7-9-14-10)16-12(15)17-13(2,3)4;1-2-7-8-5-3-4-6-11(8)10-9-7;1-7(9-2)8-5-3-4-6-10-8;8-5-6-7-3-1-2-4-11(7)10-9-6;1-6(9-10)7-4-2-3-5-8-7;8-5-7(10)6-3-1-2-4-9-6;1-6(9)7-4-2-3-5-8-7/h6-9H,5H2,1-4H3,(H,16,17);5-9H,1-4H3;3-6H,2H2,1H3;3-6H,1-2H3;1-4H,5,8H2;2-5,10H,1H3;1-4H,5,8H2;2-5H,1H3/b15-10-;11-5+;;;;;;. The van der Waals surface area contributed by atoms with Gasteiger partial charge in [0.05, 0.1) is 51.8 Å². The third-order valence-electron chi connectivity index (χ3n) is 11.8. The number of nitrogens with one attached hydrogen (secondary N) is 1. The number of hydrogen-bond donors (Lipinski definition) is 4. The summed E-state index contributed by atoms with van der Waals surface area (Å²) < 4.78 is 18.8. The summed E-state index contributed by atoms with van der Waals surface area (Å²) >= 11 is 0. The molecule has 0 aliphatic carbocycles. The van der Waals surface area contributed by atoms with Crippen molar-refractivity contribution in [1.29, 1.82) is 0 Å². The summed E-state index contributed by atoms with van der Waals surface area (Å²) in [7, 11) is 1.77. The lowest BCUT2D eigenvalue weighted by Crippen LogP contribution is -2.30. The normalized spacial score (nSPS) is 11.1. The summed E-state index contributed by atoms with van der Waals surface area (Å²) in [6.07, 6.45) is 15.7. The number of fused-ring (bicyclic) bond motifs is 2. The molecule has 0 bridgehead atoms. The Morgan fingerprint density at radius 2 is 0.969 bits per heavy atom. The molecular weight excluding hydrogens is 1220 g/mol. The van der Waals surface area contributed by atoms with Crippen LogP contribution in [-0.2, 0) is 27.2 Å². The van der Waals surface area contributed by atoms with Gasteiger partial charge in [-0.1, -0.05) is 78.0 Å². The molecule has 10 heterocycles. The summed E-state index contributed by atoms with van der Waals surface area (Å²) in [5, 5.41) is 31.1. The number of aryl methyl sites for hydroxylation is 1. The summed E-state index contributed by atoms with van der Waals surface area (Å²) in [5.41, 5.74) is 22.0. The molecule has 504 valence electrons. The zero-order valence-corrected chi connectivity index (χ0v) is 56.5. The number of pyridine rings is 8. The smallest absolute Gasteiger partial charge is 0.443 e. The van der Waals surface area contributed by atoms with Crippen LogP contribution in [0.3, 0.4) is 0 Å². The van der Waals surface area contributed by atoms with Crippen LogP contribution in [0.2, 0.25) is 0 Å². The number of amides is 1. The van der Waals surface area contributed by atoms with Gasteiger partial charge in [-0.25, -0.2) is 24.0 Å². The summed E-state index contributed by atoms with van der Waals surface area (Å²) in [4.78, 5) is 72.4. The van der Waals surface area contributed by atoms with E-state index in [4.69, 9.17) is 30.9 Å². The Labute approximate surface area is 559 Å². The molecule has 0 aliphatic rings. The number of hydrazone groups is 1. The van der Waals surface area contributed by atoms with Gasteiger partial charge in [0.15, 0.2) is 17.3 Å². The van der Waals surface area contributed by atoms with Crippen molar-refractivity contribution < 1.29 is 38.6 Å². The molecule has 0 saturated heterocycles. The molecule has 10 aromatic rings. The highest BCUT2D eigenvalue weighted by atomic mass is 16.7. The second kappa shape index (κ2) is 43.3. The van der Waals surface area contributed by atoms with Gasteiger partial charge in [-0.2, -0.15) is 5.10 Å². The van der Waals surface area contributed by atoms with E-state index in [1.807, 2.05) is 117 Å². The Bertz CT molecular complexity index is 3870. The van der Waals surface area contributed by atoms with E-state index in [1.54, 1.807) is 169 Å². The van der Waals surface area contributed by atoms with E-state index in [-0.39, 0.29) is 18.1 Å². The minimum atomic E-state index is -0.726. The fourth-order valence-corrected chi connectivity index (χ4v) is 7.10. The number of aromatic nitrogens is 12. The lowest BCUT2D eigenvalue weighted by atomic mass is 10.2. The van der Waals surface area contributed by atoms with Gasteiger partial charge in [-0.15, -0.1) is 10.2 Å². The van der Waals surface area contributed by atoms with Gasteiger partial charge in [0.1, 0.15) is 39.7 Å². The first-order valence-electron chi connectivity index (χ1n) is 30.3. The molecular formula is C70H86N18O8. The Kier molecular flexibility index (Phi) is 35.5. The van der Waals surface area contributed by atoms with Crippen LogP contribution in [0.4, 0.5) is 9.59 Å². The van der Waals surface area contributed by atoms with E-state index in [2.05, 4.69) is 78.1 Å². The molecule has 10 aromatic heterocycles. The number of nitrogens with two attached hydrogens (primary N) is 2. The molecule has 96 heavy (non-hydrogen) atoms. The minimum absolute atomic E-state index is 0.00981. The van der Waals surface area contributed by atoms with Crippen molar-refractivity contribution in [3.05, 3.63) is 247 Å². The van der Waals surface area contributed by atoms with Crippen molar-refractivity contribution in [2.45, 2.75) is 114 Å². The number of hydrogen-bond acceptors (Lipinski definition) is 23. The van der Waals surface area contributed by atoms with Gasteiger partial charge >= 0.3 is 12.2 Å². The predicted molar refractivity (Wildman–Crippen MR) is 371 cm³/mol. The van der Waals surface area contributed by atoms with Crippen molar-refractivity contribution in [2.75, 3.05) is 13.6 Å². The maximum atomic E-state index is 11.5. The van der Waals surface area contributed by atoms with Crippen LogP contribution < -0.4 is 16.9 Å². The minimum Gasteiger partial charge on any atom is -0.443 e. The molecule has 0 aromatic carbocycles. The Morgan fingerprint density at radius 3 is 1.34 bits per heavy atom. The molecule has 0 saturated carbocycles. The second-order valence-corrected chi connectivity index (χ2v) is 21.4. The Morgan fingerprint density at radius 1 is 0.552 bits per heavy atom. The van der Waals surface area contributed by atoms with Gasteiger partial charge in [-0.3, -0.25) is 44.5 Å². The van der Waals surface area contributed by atoms with Crippen LogP contribution in [0.15, 0.2) is 216 Å². The number of nitrogens with zero attached hydrogens (tertiary/aromatic N) is 15. The van der Waals surface area contributed by atoms with E-state index in [0.717, 1.165) is 45.9 Å². The first-order valence-corrected chi connectivity index (χ1v) is 30.3. The van der Waals surface area contributed by atoms with E-state index in [1.165, 1.54) is 6.92 Å². The highest BCUT2D eigenvalue weighted by molar-refractivity contribution is 5.99. The largest absolute Gasteiger partial charge is 0.514 e. The fraction of sp³-hybridized carbons (Fsp3) is 0.271. The average molecular weight is 1310 g/mol. The van der Waals surface area contributed by atoms with Crippen LogP contribution >= 0.6 is 0 Å². The van der Waals surface area contributed by atoms with Crippen molar-refractivity contribution in [2.24, 2.45) is 26.7 Å². The van der Waals surface area contributed by atoms with Crippen LogP contribution in [0, 0.1) is 0 Å². The average Bonchev–Trinajstić information content (AvgIpc) is 1.74. The molecule has 0 fully saturated rings. The SMILES string of the molecule is C/C=C(/OC(=O)OC(C)(C)C)c1ccccn1.CC(=NO)c1ccccn1.CC(=O)c1ccccn1.CC/C(=N/NC(=O)OC(C)(C)C)c1ccccn1.CCc1nnn2ccccc12.CN=C(C)c1ccccn1.NCC(=O)c1ccccn1.NCc1nnn2ccccc12. The van der Waals surface area contributed by atoms with E-state index >= 15 is 0 Å². The van der Waals surface area contributed by atoms with Crippen molar-refractivity contribution in [1.82, 2.24) is 65.0 Å². The first-order chi connectivity index (χ1) is 46.0. The highest BCUT2D eigenvalue weighted by Crippen LogP contribution is 2.17. The second-order valence-electron chi connectivity index (χ2n) is 21.4. The molecule has 0 aliphatic heterocycles. The quantitative estimate of drug-likeness (QED) is 0.0220. The summed E-state index contributed by atoms with van der Waals surface area (Å²) in [6.45, 7) is 22.2. The van der Waals surface area contributed by atoms with Crippen molar-refractivity contribution in [3.63, 3.8) is 0 Å².